The summed E-state index contributed by atoms with van der Waals surface area (Å²) < 4.78 is 5.85. The molecule has 1 saturated carbocycles. The topological polar surface area (TPSA) is 50.3 Å². The average Bonchev–Trinajstić information content (AvgIpc) is 2.94. The van der Waals surface area contributed by atoms with Crippen molar-refractivity contribution in [3.05, 3.63) is 17.5 Å². The lowest BCUT2D eigenvalue weighted by Gasteiger charge is -2.37. The number of aryl methyl sites for hydroxylation is 1. The number of morpholine rings is 1. The van der Waals surface area contributed by atoms with Gasteiger partial charge < -0.3 is 15.0 Å². The fourth-order valence-electron chi connectivity index (χ4n) is 3.23. The van der Waals surface area contributed by atoms with Crippen LogP contribution in [0.1, 0.15) is 37.4 Å². The maximum Gasteiger partial charge on any atom is 0.225 e. The number of hydrogen-bond acceptors (Lipinski definition) is 5. The first-order valence-electron chi connectivity index (χ1n) is 7.71. The molecule has 0 amide bonds. The first-order chi connectivity index (χ1) is 9.79. The van der Waals surface area contributed by atoms with Crippen molar-refractivity contribution in [1.82, 2.24) is 15.3 Å². The molecule has 5 nitrogen and oxygen atoms in total. The van der Waals surface area contributed by atoms with Crippen LogP contribution in [0.5, 0.6) is 0 Å². The van der Waals surface area contributed by atoms with Crippen LogP contribution in [0, 0.1) is 6.92 Å². The molecular weight excluding hydrogens is 252 g/mol. The molecule has 5 heteroatoms. The Morgan fingerprint density at radius 2 is 2.35 bits per heavy atom. The summed E-state index contributed by atoms with van der Waals surface area (Å²) in [6, 6.07) is 0.475. The smallest absolute Gasteiger partial charge is 0.225 e. The van der Waals surface area contributed by atoms with E-state index in [4.69, 9.17) is 9.72 Å². The van der Waals surface area contributed by atoms with Crippen molar-refractivity contribution in [3.63, 3.8) is 0 Å². The molecule has 1 N–H and O–H groups in total. The molecule has 3 rings (SSSR count). The molecule has 1 saturated heterocycles. The summed E-state index contributed by atoms with van der Waals surface area (Å²) in [6.45, 7) is 7.70. The molecule has 0 spiro atoms. The lowest BCUT2D eigenvalue weighted by Crippen LogP contribution is -2.49. The second kappa shape index (κ2) is 6.06. The van der Waals surface area contributed by atoms with Gasteiger partial charge in [0, 0.05) is 30.5 Å². The molecule has 1 aromatic rings. The van der Waals surface area contributed by atoms with E-state index in [0.29, 0.717) is 12.1 Å². The first kappa shape index (κ1) is 13.8. The third-order valence-electron chi connectivity index (χ3n) is 4.37. The van der Waals surface area contributed by atoms with E-state index in [2.05, 4.69) is 29.0 Å². The SMILES string of the molecule is CCNCc1cnc(N2CCOC3CCCC32)nc1C. The second-order valence-electron chi connectivity index (χ2n) is 5.66. The van der Waals surface area contributed by atoms with Gasteiger partial charge in [0.05, 0.1) is 18.8 Å². The lowest BCUT2D eigenvalue weighted by atomic mass is 10.1. The minimum atomic E-state index is 0.383. The normalized spacial score (nSPS) is 25.8. The van der Waals surface area contributed by atoms with Gasteiger partial charge in [-0.05, 0) is 32.7 Å². The Bertz CT molecular complexity index is 465. The lowest BCUT2D eigenvalue weighted by molar-refractivity contribution is 0.0249. The van der Waals surface area contributed by atoms with Crippen LogP contribution in [0.25, 0.3) is 0 Å². The van der Waals surface area contributed by atoms with E-state index in [1.54, 1.807) is 0 Å². The van der Waals surface area contributed by atoms with Crippen molar-refractivity contribution in [3.8, 4) is 0 Å². The van der Waals surface area contributed by atoms with Crippen LogP contribution < -0.4 is 10.2 Å². The van der Waals surface area contributed by atoms with Crippen molar-refractivity contribution in [2.45, 2.75) is 51.8 Å². The Morgan fingerprint density at radius 3 is 3.15 bits per heavy atom. The van der Waals surface area contributed by atoms with Crippen molar-refractivity contribution in [1.29, 1.82) is 0 Å². The minimum Gasteiger partial charge on any atom is -0.374 e. The summed E-state index contributed by atoms with van der Waals surface area (Å²) in [5.41, 5.74) is 2.27. The van der Waals surface area contributed by atoms with Gasteiger partial charge in [0.15, 0.2) is 0 Å². The highest BCUT2D eigenvalue weighted by molar-refractivity contribution is 5.36. The van der Waals surface area contributed by atoms with Crippen molar-refractivity contribution in [2.75, 3.05) is 24.6 Å². The average molecular weight is 276 g/mol. The number of nitrogens with one attached hydrogen (secondary N) is 1. The Labute approximate surface area is 120 Å². The number of hydrogen-bond donors (Lipinski definition) is 1. The van der Waals surface area contributed by atoms with Gasteiger partial charge in [0.2, 0.25) is 5.95 Å². The van der Waals surface area contributed by atoms with Gasteiger partial charge >= 0.3 is 0 Å². The maximum atomic E-state index is 5.85. The first-order valence-corrected chi connectivity index (χ1v) is 7.71. The molecule has 1 aliphatic heterocycles. The van der Waals surface area contributed by atoms with Gasteiger partial charge in [-0.1, -0.05) is 6.92 Å². The fraction of sp³-hybridized carbons (Fsp3) is 0.733. The number of ether oxygens (including phenoxy) is 1. The Kier molecular flexibility index (Phi) is 4.17. The highest BCUT2D eigenvalue weighted by Crippen LogP contribution is 2.31. The number of fused-ring (bicyclic) bond motifs is 1. The van der Waals surface area contributed by atoms with E-state index < -0.39 is 0 Å². The Balaban J connectivity index is 1.77. The molecule has 2 unspecified atom stereocenters. The summed E-state index contributed by atoms with van der Waals surface area (Å²) in [5, 5.41) is 3.33. The molecule has 20 heavy (non-hydrogen) atoms. The van der Waals surface area contributed by atoms with E-state index in [-0.39, 0.29) is 0 Å². The summed E-state index contributed by atoms with van der Waals surface area (Å²) in [6.07, 6.45) is 5.99. The van der Waals surface area contributed by atoms with Gasteiger partial charge in [-0.15, -0.1) is 0 Å². The molecule has 0 bridgehead atoms. The van der Waals surface area contributed by atoms with Crippen LogP contribution in [0.2, 0.25) is 0 Å². The summed E-state index contributed by atoms with van der Waals surface area (Å²) >= 11 is 0. The zero-order valence-electron chi connectivity index (χ0n) is 12.4. The van der Waals surface area contributed by atoms with Crippen LogP contribution in [-0.2, 0) is 11.3 Å². The standard InChI is InChI=1S/C15H24N4O/c1-3-16-9-12-10-17-15(18-11(12)2)19-7-8-20-14-6-4-5-13(14)19/h10,13-14,16H,3-9H2,1-2H3. The molecule has 2 heterocycles. The van der Waals surface area contributed by atoms with Crippen molar-refractivity contribution < 1.29 is 4.74 Å². The number of aromatic nitrogens is 2. The van der Waals surface area contributed by atoms with Crippen LogP contribution in [0.15, 0.2) is 6.20 Å². The quantitative estimate of drug-likeness (QED) is 0.906. The van der Waals surface area contributed by atoms with Gasteiger partial charge in [-0.2, -0.15) is 0 Å². The van der Waals surface area contributed by atoms with Gasteiger partial charge in [0.25, 0.3) is 0 Å². The molecule has 0 aromatic carbocycles. The highest BCUT2D eigenvalue weighted by atomic mass is 16.5. The highest BCUT2D eigenvalue weighted by Gasteiger charge is 2.37. The number of rotatable bonds is 4. The Morgan fingerprint density at radius 1 is 1.45 bits per heavy atom. The van der Waals surface area contributed by atoms with Crippen LogP contribution in [-0.4, -0.2) is 41.8 Å². The summed E-state index contributed by atoms with van der Waals surface area (Å²) in [7, 11) is 0. The molecule has 2 aliphatic rings. The number of anilines is 1. The molecule has 110 valence electrons. The number of nitrogens with zero attached hydrogens (tertiary/aromatic N) is 3. The minimum absolute atomic E-state index is 0.383. The van der Waals surface area contributed by atoms with E-state index >= 15 is 0 Å². The molecule has 2 fully saturated rings. The Hall–Kier alpha value is -1.20. The third kappa shape index (κ3) is 2.65. The van der Waals surface area contributed by atoms with Crippen LogP contribution in [0.4, 0.5) is 5.95 Å². The van der Waals surface area contributed by atoms with Crippen LogP contribution >= 0.6 is 0 Å². The van der Waals surface area contributed by atoms with Gasteiger partial charge in [-0.3, -0.25) is 0 Å². The van der Waals surface area contributed by atoms with Gasteiger partial charge in [0.1, 0.15) is 0 Å². The van der Waals surface area contributed by atoms with E-state index in [0.717, 1.165) is 37.9 Å². The third-order valence-corrected chi connectivity index (χ3v) is 4.37. The van der Waals surface area contributed by atoms with Crippen molar-refractivity contribution in [2.24, 2.45) is 0 Å². The largest absolute Gasteiger partial charge is 0.374 e. The summed E-state index contributed by atoms with van der Waals surface area (Å²) in [4.78, 5) is 11.7. The van der Waals surface area contributed by atoms with E-state index in [1.165, 1.54) is 24.8 Å². The predicted molar refractivity (Wildman–Crippen MR) is 78.9 cm³/mol. The van der Waals surface area contributed by atoms with Gasteiger partial charge in [-0.25, -0.2) is 9.97 Å². The second-order valence-corrected chi connectivity index (χ2v) is 5.66. The summed E-state index contributed by atoms with van der Waals surface area (Å²) in [5.74, 6) is 0.878. The zero-order chi connectivity index (χ0) is 13.9. The monoisotopic (exact) mass is 276 g/mol. The molecule has 2 atom stereocenters. The predicted octanol–water partition coefficient (Wildman–Crippen LogP) is 1.65. The molecule has 1 aliphatic carbocycles. The van der Waals surface area contributed by atoms with E-state index in [1.807, 2.05) is 6.20 Å². The molecular formula is C15H24N4O. The van der Waals surface area contributed by atoms with Crippen molar-refractivity contribution >= 4 is 5.95 Å². The molecule has 0 radical (unpaired) electrons. The van der Waals surface area contributed by atoms with E-state index in [9.17, 15) is 0 Å². The fourth-order valence-corrected chi connectivity index (χ4v) is 3.23. The zero-order valence-corrected chi connectivity index (χ0v) is 12.4. The van der Waals surface area contributed by atoms with Crippen LogP contribution in [0.3, 0.4) is 0 Å². The molecule has 1 aromatic heterocycles. The maximum absolute atomic E-state index is 5.85.